The molecule has 0 aliphatic heterocycles. The number of halogens is 1. The van der Waals surface area contributed by atoms with Gasteiger partial charge in [0.1, 0.15) is 5.75 Å². The van der Waals surface area contributed by atoms with E-state index >= 15 is 0 Å². The summed E-state index contributed by atoms with van der Waals surface area (Å²) in [6.45, 7) is 4.57. The Morgan fingerprint density at radius 2 is 2.04 bits per heavy atom. The number of nitrogens with zero attached hydrogens (tertiary/aromatic N) is 2. The van der Waals surface area contributed by atoms with Gasteiger partial charge in [-0.05, 0) is 38.1 Å². The van der Waals surface area contributed by atoms with Crippen molar-refractivity contribution in [3.63, 3.8) is 0 Å². The van der Waals surface area contributed by atoms with Crippen LogP contribution in [0.25, 0.3) is 10.9 Å². The van der Waals surface area contributed by atoms with E-state index in [0.29, 0.717) is 17.4 Å². The first-order valence-corrected chi connectivity index (χ1v) is 9.89. The van der Waals surface area contributed by atoms with Gasteiger partial charge < -0.3 is 10.1 Å². The van der Waals surface area contributed by atoms with Crippen LogP contribution in [0.2, 0.25) is 0 Å². The number of aryl methyl sites for hydroxylation is 1. The Bertz CT molecular complexity index is 1050. The second kappa shape index (κ2) is 9.01. The first kappa shape index (κ1) is 20.1. The van der Waals surface area contributed by atoms with Crippen LogP contribution in [0.4, 0.5) is 0 Å². The van der Waals surface area contributed by atoms with E-state index in [1.165, 1.54) is 10.9 Å². The predicted molar refractivity (Wildman–Crippen MR) is 112 cm³/mol. The molecule has 3 aromatic rings. The highest BCUT2D eigenvalue weighted by atomic mass is 79.9. The Morgan fingerprint density at radius 1 is 1.25 bits per heavy atom. The lowest BCUT2D eigenvalue weighted by Crippen LogP contribution is -2.27. The fraction of sp³-hybridized carbons (Fsp3) is 0.286. The van der Waals surface area contributed by atoms with E-state index in [9.17, 15) is 9.59 Å². The van der Waals surface area contributed by atoms with E-state index in [2.05, 4.69) is 26.2 Å². The summed E-state index contributed by atoms with van der Waals surface area (Å²) < 4.78 is 8.04. The SMILES string of the molecule is CC(C)Oc1ccccc1CNC(=O)CCn1cnc2ccc(Br)cc2c1=O. The number of fused-ring (bicyclic) bond motifs is 1. The molecule has 0 spiro atoms. The number of para-hydroxylation sites is 1. The van der Waals surface area contributed by atoms with Crippen molar-refractivity contribution in [2.45, 2.75) is 39.5 Å². The molecule has 0 saturated carbocycles. The Labute approximate surface area is 171 Å². The molecule has 1 N–H and O–H groups in total. The van der Waals surface area contributed by atoms with Gasteiger partial charge in [0.2, 0.25) is 5.91 Å². The molecule has 0 atom stereocenters. The lowest BCUT2D eigenvalue weighted by molar-refractivity contribution is -0.121. The number of carbonyl (C=O) groups excluding carboxylic acids is 1. The monoisotopic (exact) mass is 443 g/mol. The third-order valence-electron chi connectivity index (χ3n) is 4.18. The number of ether oxygens (including phenoxy) is 1. The third-order valence-corrected chi connectivity index (χ3v) is 4.67. The molecule has 0 unspecified atom stereocenters. The molecule has 1 heterocycles. The average molecular weight is 444 g/mol. The van der Waals surface area contributed by atoms with E-state index in [1.807, 2.05) is 44.2 Å². The van der Waals surface area contributed by atoms with Crippen molar-refractivity contribution in [3.05, 3.63) is 69.2 Å². The van der Waals surface area contributed by atoms with Crippen LogP contribution < -0.4 is 15.6 Å². The Morgan fingerprint density at radius 3 is 2.82 bits per heavy atom. The quantitative estimate of drug-likeness (QED) is 0.604. The number of nitrogens with one attached hydrogen (secondary N) is 1. The van der Waals surface area contributed by atoms with Crippen molar-refractivity contribution in [1.29, 1.82) is 0 Å². The number of benzene rings is 2. The first-order valence-electron chi connectivity index (χ1n) is 9.10. The smallest absolute Gasteiger partial charge is 0.261 e. The molecule has 1 amide bonds. The van der Waals surface area contributed by atoms with E-state index in [4.69, 9.17) is 4.74 Å². The van der Waals surface area contributed by atoms with Crippen molar-refractivity contribution >= 4 is 32.7 Å². The summed E-state index contributed by atoms with van der Waals surface area (Å²) in [6, 6.07) is 13.0. The lowest BCUT2D eigenvalue weighted by Gasteiger charge is -2.14. The van der Waals surface area contributed by atoms with Crippen LogP contribution in [0, 0.1) is 0 Å². The Hall–Kier alpha value is -2.67. The van der Waals surface area contributed by atoms with Gasteiger partial charge in [-0.1, -0.05) is 34.1 Å². The Balaban J connectivity index is 1.62. The molecule has 0 bridgehead atoms. The molecular formula is C21H22BrN3O3. The van der Waals surface area contributed by atoms with Gasteiger partial charge in [0.25, 0.3) is 5.56 Å². The molecule has 0 fully saturated rings. The second-order valence-electron chi connectivity index (χ2n) is 6.71. The largest absolute Gasteiger partial charge is 0.491 e. The zero-order chi connectivity index (χ0) is 20.1. The van der Waals surface area contributed by atoms with Crippen molar-refractivity contribution in [2.24, 2.45) is 0 Å². The van der Waals surface area contributed by atoms with Crippen LogP contribution in [0.15, 0.2) is 58.1 Å². The summed E-state index contributed by atoms with van der Waals surface area (Å²) in [7, 11) is 0. The van der Waals surface area contributed by atoms with Gasteiger partial charge in [0.05, 0.1) is 23.3 Å². The number of amides is 1. The summed E-state index contributed by atoms with van der Waals surface area (Å²) in [5.41, 5.74) is 1.39. The maximum absolute atomic E-state index is 12.6. The number of hydrogen-bond donors (Lipinski definition) is 1. The van der Waals surface area contributed by atoms with Gasteiger partial charge in [-0.3, -0.25) is 14.2 Å². The highest BCUT2D eigenvalue weighted by Crippen LogP contribution is 2.19. The minimum Gasteiger partial charge on any atom is -0.491 e. The highest BCUT2D eigenvalue weighted by Gasteiger charge is 2.09. The van der Waals surface area contributed by atoms with Crippen LogP contribution in [0.1, 0.15) is 25.8 Å². The molecule has 0 aliphatic rings. The van der Waals surface area contributed by atoms with Crippen LogP contribution in [0.5, 0.6) is 5.75 Å². The van der Waals surface area contributed by atoms with Gasteiger partial charge in [0, 0.05) is 29.5 Å². The summed E-state index contributed by atoms with van der Waals surface area (Å²) >= 11 is 3.37. The molecule has 3 rings (SSSR count). The van der Waals surface area contributed by atoms with E-state index in [-0.39, 0.29) is 30.5 Å². The zero-order valence-corrected chi connectivity index (χ0v) is 17.4. The molecule has 1 aromatic heterocycles. The molecule has 0 saturated heterocycles. The molecule has 0 aliphatic carbocycles. The summed E-state index contributed by atoms with van der Waals surface area (Å²) in [6.07, 6.45) is 1.73. The summed E-state index contributed by atoms with van der Waals surface area (Å²) in [5, 5.41) is 3.41. The molecule has 2 aromatic carbocycles. The number of hydrogen-bond acceptors (Lipinski definition) is 4. The third kappa shape index (κ3) is 4.98. The maximum atomic E-state index is 12.6. The second-order valence-corrected chi connectivity index (χ2v) is 7.62. The molecule has 28 heavy (non-hydrogen) atoms. The molecule has 0 radical (unpaired) electrons. The summed E-state index contributed by atoms with van der Waals surface area (Å²) in [5.74, 6) is 0.624. The normalized spacial score (nSPS) is 11.0. The molecular weight excluding hydrogens is 422 g/mol. The molecule has 6 nitrogen and oxygen atoms in total. The van der Waals surface area contributed by atoms with Crippen molar-refractivity contribution in [1.82, 2.24) is 14.9 Å². The fourth-order valence-corrected chi connectivity index (χ4v) is 3.17. The number of carbonyl (C=O) groups is 1. The minimum absolute atomic E-state index is 0.0594. The summed E-state index contributed by atoms with van der Waals surface area (Å²) in [4.78, 5) is 29.1. The van der Waals surface area contributed by atoms with E-state index in [1.54, 1.807) is 12.1 Å². The fourth-order valence-electron chi connectivity index (χ4n) is 2.81. The lowest BCUT2D eigenvalue weighted by atomic mass is 10.2. The van der Waals surface area contributed by atoms with Crippen molar-refractivity contribution in [3.8, 4) is 5.75 Å². The highest BCUT2D eigenvalue weighted by molar-refractivity contribution is 9.10. The standard InChI is InChI=1S/C21H22BrN3O3/c1-14(2)28-19-6-4-3-5-15(19)12-23-20(26)9-10-25-13-24-18-8-7-16(22)11-17(18)21(25)27/h3-8,11,13-14H,9-10,12H2,1-2H3,(H,23,26). The van der Waals surface area contributed by atoms with Gasteiger partial charge in [0.15, 0.2) is 0 Å². The first-order chi connectivity index (χ1) is 13.4. The maximum Gasteiger partial charge on any atom is 0.261 e. The average Bonchev–Trinajstić information content (AvgIpc) is 2.67. The van der Waals surface area contributed by atoms with Crippen LogP contribution >= 0.6 is 15.9 Å². The molecule has 146 valence electrons. The predicted octanol–water partition coefficient (Wildman–Crippen LogP) is 3.65. The van der Waals surface area contributed by atoms with Crippen LogP contribution in [-0.2, 0) is 17.9 Å². The van der Waals surface area contributed by atoms with Crippen LogP contribution in [-0.4, -0.2) is 21.6 Å². The molecule has 7 heteroatoms. The van der Waals surface area contributed by atoms with Crippen molar-refractivity contribution in [2.75, 3.05) is 0 Å². The van der Waals surface area contributed by atoms with Crippen LogP contribution in [0.3, 0.4) is 0 Å². The van der Waals surface area contributed by atoms with Gasteiger partial charge in [-0.2, -0.15) is 0 Å². The van der Waals surface area contributed by atoms with E-state index in [0.717, 1.165) is 15.8 Å². The van der Waals surface area contributed by atoms with E-state index < -0.39 is 0 Å². The van der Waals surface area contributed by atoms with Gasteiger partial charge >= 0.3 is 0 Å². The van der Waals surface area contributed by atoms with Gasteiger partial charge in [-0.15, -0.1) is 0 Å². The van der Waals surface area contributed by atoms with Gasteiger partial charge in [-0.25, -0.2) is 4.98 Å². The Kier molecular flexibility index (Phi) is 6.46. The zero-order valence-electron chi connectivity index (χ0n) is 15.8. The number of rotatable bonds is 7. The topological polar surface area (TPSA) is 73.2 Å². The number of aromatic nitrogens is 2. The van der Waals surface area contributed by atoms with Crippen molar-refractivity contribution < 1.29 is 9.53 Å². The minimum atomic E-state index is -0.158.